The van der Waals surface area contributed by atoms with E-state index in [-0.39, 0.29) is 18.5 Å². The maximum absolute atomic E-state index is 12.7. The molecule has 92 valence electrons. The molecule has 0 bridgehead atoms. The molecule has 2 heterocycles. The van der Waals surface area contributed by atoms with Crippen molar-refractivity contribution in [3.05, 3.63) is 29.7 Å². The quantitative estimate of drug-likeness (QED) is 0.772. The summed E-state index contributed by atoms with van der Waals surface area (Å²) in [6.07, 6.45) is -1.09. The Labute approximate surface area is 95.0 Å². The van der Waals surface area contributed by atoms with Crippen LogP contribution in [-0.2, 0) is 12.6 Å². The average Bonchev–Trinajstić information content (AvgIpc) is 2.82. The summed E-state index contributed by atoms with van der Waals surface area (Å²) in [5.41, 5.74) is 5.53. The van der Waals surface area contributed by atoms with Crippen molar-refractivity contribution in [3.8, 4) is 11.3 Å². The highest BCUT2D eigenvalue weighted by molar-refractivity contribution is 5.63. The highest BCUT2D eigenvalue weighted by Gasteiger charge is 2.37. The molecule has 0 aromatic carbocycles. The molecule has 0 amide bonds. The maximum Gasteiger partial charge on any atom is 0.433 e. The van der Waals surface area contributed by atoms with Crippen molar-refractivity contribution in [2.75, 3.05) is 6.54 Å². The molecule has 7 heteroatoms. The van der Waals surface area contributed by atoms with E-state index in [1.54, 1.807) is 18.5 Å². The van der Waals surface area contributed by atoms with Crippen molar-refractivity contribution >= 4 is 0 Å². The van der Waals surface area contributed by atoms with Crippen LogP contribution in [0, 0.1) is 0 Å². The molecule has 0 unspecified atom stereocenters. The lowest BCUT2D eigenvalue weighted by Crippen LogP contribution is -2.12. The van der Waals surface area contributed by atoms with E-state index in [0.29, 0.717) is 11.3 Å². The van der Waals surface area contributed by atoms with E-state index in [0.717, 1.165) is 0 Å². The third kappa shape index (κ3) is 2.19. The van der Waals surface area contributed by atoms with Gasteiger partial charge in [0, 0.05) is 23.5 Å². The molecule has 2 rings (SSSR count). The summed E-state index contributed by atoms with van der Waals surface area (Å²) in [5, 5.41) is 5.77. The SMILES string of the molecule is NCCc1c(-c2cc[nH]c2)n[nH]c1C(F)(F)F. The van der Waals surface area contributed by atoms with Crippen LogP contribution in [0.25, 0.3) is 11.3 Å². The highest BCUT2D eigenvalue weighted by atomic mass is 19.4. The Hall–Kier alpha value is -1.76. The first-order chi connectivity index (χ1) is 8.04. The fourth-order valence-corrected chi connectivity index (χ4v) is 1.70. The number of alkyl halides is 3. The smallest absolute Gasteiger partial charge is 0.367 e. The Morgan fingerprint density at radius 3 is 2.65 bits per heavy atom. The molecule has 0 aliphatic rings. The second kappa shape index (κ2) is 4.25. The van der Waals surface area contributed by atoms with Crippen LogP contribution in [0.4, 0.5) is 13.2 Å². The summed E-state index contributed by atoms with van der Waals surface area (Å²) in [6.45, 7) is 0.139. The van der Waals surface area contributed by atoms with E-state index in [4.69, 9.17) is 5.73 Å². The number of hydrogen-bond donors (Lipinski definition) is 3. The predicted octanol–water partition coefficient (Wildman–Crippen LogP) is 1.92. The topological polar surface area (TPSA) is 70.5 Å². The minimum absolute atomic E-state index is 0.111. The minimum Gasteiger partial charge on any atom is -0.367 e. The second-order valence-electron chi connectivity index (χ2n) is 3.56. The van der Waals surface area contributed by atoms with Crippen molar-refractivity contribution in [2.45, 2.75) is 12.6 Å². The molecule has 0 spiro atoms. The summed E-state index contributed by atoms with van der Waals surface area (Å²) in [5.74, 6) is 0. The van der Waals surface area contributed by atoms with Crippen LogP contribution in [0.5, 0.6) is 0 Å². The van der Waals surface area contributed by atoms with E-state index in [9.17, 15) is 13.2 Å². The molecule has 0 atom stereocenters. The first-order valence-corrected chi connectivity index (χ1v) is 5.01. The Morgan fingerprint density at radius 1 is 1.35 bits per heavy atom. The molecule has 0 fully saturated rings. The molecular weight excluding hydrogens is 233 g/mol. The lowest BCUT2D eigenvalue weighted by Gasteiger charge is -2.07. The third-order valence-electron chi connectivity index (χ3n) is 2.42. The summed E-state index contributed by atoms with van der Waals surface area (Å²) in [7, 11) is 0. The predicted molar refractivity (Wildman–Crippen MR) is 56.1 cm³/mol. The summed E-state index contributed by atoms with van der Waals surface area (Å²) in [4.78, 5) is 2.78. The van der Waals surface area contributed by atoms with Gasteiger partial charge in [-0.2, -0.15) is 18.3 Å². The number of hydrogen-bond acceptors (Lipinski definition) is 2. The number of rotatable bonds is 3. The van der Waals surface area contributed by atoms with Gasteiger partial charge < -0.3 is 10.7 Å². The van der Waals surface area contributed by atoms with Gasteiger partial charge in [-0.3, -0.25) is 5.10 Å². The molecule has 17 heavy (non-hydrogen) atoms. The summed E-state index contributed by atoms with van der Waals surface area (Å²) >= 11 is 0. The van der Waals surface area contributed by atoms with Crippen molar-refractivity contribution in [1.82, 2.24) is 15.2 Å². The number of aromatic nitrogens is 3. The van der Waals surface area contributed by atoms with E-state index in [1.807, 2.05) is 5.10 Å². The minimum atomic E-state index is -4.44. The molecule has 0 saturated heterocycles. The number of aromatic amines is 2. The van der Waals surface area contributed by atoms with Gasteiger partial charge in [-0.25, -0.2) is 0 Å². The van der Waals surface area contributed by atoms with E-state index in [1.165, 1.54) is 0 Å². The zero-order valence-corrected chi connectivity index (χ0v) is 8.80. The number of nitrogens with zero attached hydrogens (tertiary/aromatic N) is 1. The molecule has 0 radical (unpaired) electrons. The van der Waals surface area contributed by atoms with Gasteiger partial charge in [0.15, 0.2) is 0 Å². The van der Waals surface area contributed by atoms with E-state index < -0.39 is 11.9 Å². The zero-order valence-electron chi connectivity index (χ0n) is 8.80. The van der Waals surface area contributed by atoms with E-state index >= 15 is 0 Å². The van der Waals surface area contributed by atoms with Gasteiger partial charge in [0.2, 0.25) is 0 Å². The molecule has 4 nitrogen and oxygen atoms in total. The van der Waals surface area contributed by atoms with Gasteiger partial charge in [-0.05, 0) is 19.0 Å². The van der Waals surface area contributed by atoms with Crippen LogP contribution < -0.4 is 5.73 Å². The van der Waals surface area contributed by atoms with Crippen LogP contribution in [0.15, 0.2) is 18.5 Å². The molecule has 2 aromatic heterocycles. The van der Waals surface area contributed by atoms with Crippen molar-refractivity contribution in [3.63, 3.8) is 0 Å². The molecular formula is C10H11F3N4. The molecule has 0 saturated carbocycles. The van der Waals surface area contributed by atoms with Crippen molar-refractivity contribution in [1.29, 1.82) is 0 Å². The fraction of sp³-hybridized carbons (Fsp3) is 0.300. The Bertz CT molecular complexity index is 484. The van der Waals surface area contributed by atoms with E-state index in [2.05, 4.69) is 10.1 Å². The highest BCUT2D eigenvalue weighted by Crippen LogP contribution is 2.34. The second-order valence-corrected chi connectivity index (χ2v) is 3.56. The van der Waals surface area contributed by atoms with Gasteiger partial charge in [0.25, 0.3) is 0 Å². The third-order valence-corrected chi connectivity index (χ3v) is 2.42. The first-order valence-electron chi connectivity index (χ1n) is 5.01. The van der Waals surface area contributed by atoms with Crippen LogP contribution in [0.2, 0.25) is 0 Å². The van der Waals surface area contributed by atoms with Crippen molar-refractivity contribution < 1.29 is 13.2 Å². The van der Waals surface area contributed by atoms with Crippen LogP contribution >= 0.6 is 0 Å². The number of nitrogens with one attached hydrogen (secondary N) is 2. The van der Waals surface area contributed by atoms with Gasteiger partial charge in [0.05, 0.1) is 5.69 Å². The number of H-pyrrole nitrogens is 2. The summed E-state index contributed by atoms with van der Waals surface area (Å²) < 4.78 is 38.1. The monoisotopic (exact) mass is 244 g/mol. The largest absolute Gasteiger partial charge is 0.433 e. The molecule has 4 N–H and O–H groups in total. The Balaban J connectivity index is 2.51. The molecule has 0 aliphatic carbocycles. The number of nitrogens with two attached hydrogens (primary N) is 1. The van der Waals surface area contributed by atoms with Gasteiger partial charge >= 0.3 is 6.18 Å². The standard InChI is InChI=1S/C10H11F3N4/c11-10(12,13)9-7(1-3-14)8(16-17-9)6-2-4-15-5-6/h2,4-5,15H,1,3,14H2,(H,16,17). The summed E-state index contributed by atoms with van der Waals surface area (Å²) in [6, 6.07) is 1.66. The van der Waals surface area contributed by atoms with Crippen LogP contribution in [0.3, 0.4) is 0 Å². The first kappa shape index (κ1) is 11.7. The maximum atomic E-state index is 12.7. The Kier molecular flexibility index (Phi) is 2.93. The van der Waals surface area contributed by atoms with Gasteiger partial charge in [0.1, 0.15) is 5.69 Å². The van der Waals surface area contributed by atoms with Crippen LogP contribution in [0.1, 0.15) is 11.3 Å². The average molecular weight is 244 g/mol. The van der Waals surface area contributed by atoms with Crippen molar-refractivity contribution in [2.24, 2.45) is 5.73 Å². The molecule has 2 aromatic rings. The Morgan fingerprint density at radius 2 is 2.12 bits per heavy atom. The van der Waals surface area contributed by atoms with Crippen LogP contribution in [-0.4, -0.2) is 21.7 Å². The lowest BCUT2D eigenvalue weighted by atomic mass is 10.1. The molecule has 0 aliphatic heterocycles. The normalized spacial score (nSPS) is 12.0. The fourth-order valence-electron chi connectivity index (χ4n) is 1.70. The number of halogens is 3. The lowest BCUT2D eigenvalue weighted by molar-refractivity contribution is -0.141. The van der Waals surface area contributed by atoms with Gasteiger partial charge in [-0.15, -0.1) is 0 Å². The zero-order chi connectivity index (χ0) is 12.5. The van der Waals surface area contributed by atoms with Gasteiger partial charge in [-0.1, -0.05) is 0 Å².